The number of hydrogen-bond acceptors (Lipinski definition) is 3. The molecule has 1 N–H and O–H groups in total. The van der Waals surface area contributed by atoms with Crippen LogP contribution in [0.5, 0.6) is 0 Å². The molecular formula is C13H24N2O2. The Balaban J connectivity index is 1.69. The number of carbonyl (C=O) groups is 1. The van der Waals surface area contributed by atoms with Gasteiger partial charge >= 0.3 is 6.09 Å². The fraction of sp³-hybridized carbons (Fsp3) is 0.923. The monoisotopic (exact) mass is 240 g/mol. The van der Waals surface area contributed by atoms with E-state index in [0.717, 1.165) is 25.9 Å². The molecule has 1 unspecified atom stereocenters. The van der Waals surface area contributed by atoms with Gasteiger partial charge in [0.2, 0.25) is 0 Å². The summed E-state index contributed by atoms with van der Waals surface area (Å²) >= 11 is 0. The second-order valence-electron chi connectivity index (χ2n) is 5.87. The van der Waals surface area contributed by atoms with Crippen LogP contribution < -0.4 is 5.32 Å². The van der Waals surface area contributed by atoms with Gasteiger partial charge in [-0.25, -0.2) is 4.79 Å². The van der Waals surface area contributed by atoms with Gasteiger partial charge in [-0.15, -0.1) is 0 Å². The maximum atomic E-state index is 11.5. The minimum absolute atomic E-state index is 0.155. The highest BCUT2D eigenvalue weighted by atomic mass is 16.6. The van der Waals surface area contributed by atoms with Crippen molar-refractivity contribution in [3.8, 4) is 0 Å². The normalized spacial score (nSPS) is 27.9. The average Bonchev–Trinajstić information content (AvgIpc) is 2.87. The van der Waals surface area contributed by atoms with E-state index < -0.39 is 0 Å². The highest BCUT2D eigenvalue weighted by Gasteiger charge is 2.46. The van der Waals surface area contributed by atoms with Gasteiger partial charge in [-0.1, -0.05) is 13.8 Å². The van der Waals surface area contributed by atoms with Crippen molar-refractivity contribution < 1.29 is 9.53 Å². The van der Waals surface area contributed by atoms with Crippen LogP contribution in [0.25, 0.3) is 0 Å². The first-order valence-corrected chi connectivity index (χ1v) is 6.70. The number of hydrogen-bond donors (Lipinski definition) is 1. The molecule has 1 saturated heterocycles. The van der Waals surface area contributed by atoms with Crippen molar-refractivity contribution in [3.63, 3.8) is 0 Å². The Bertz CT molecular complexity index is 283. The molecule has 1 heterocycles. The zero-order valence-electron chi connectivity index (χ0n) is 11.2. The summed E-state index contributed by atoms with van der Waals surface area (Å²) in [6.45, 7) is 8.57. The number of rotatable bonds is 3. The summed E-state index contributed by atoms with van der Waals surface area (Å²) in [7, 11) is 0. The van der Waals surface area contributed by atoms with Crippen molar-refractivity contribution in [3.05, 3.63) is 0 Å². The fourth-order valence-corrected chi connectivity index (χ4v) is 2.48. The lowest BCUT2D eigenvalue weighted by Gasteiger charge is -2.32. The Morgan fingerprint density at radius 3 is 2.47 bits per heavy atom. The van der Waals surface area contributed by atoms with Crippen LogP contribution in [-0.2, 0) is 4.74 Å². The summed E-state index contributed by atoms with van der Waals surface area (Å²) in [5, 5.41) is 3.70. The number of nitrogens with zero attached hydrogens (tertiary/aromatic N) is 1. The predicted molar refractivity (Wildman–Crippen MR) is 66.9 cm³/mol. The molecular weight excluding hydrogens is 216 g/mol. The van der Waals surface area contributed by atoms with Crippen LogP contribution in [-0.4, -0.2) is 42.8 Å². The van der Waals surface area contributed by atoms with E-state index in [9.17, 15) is 4.79 Å². The smallest absolute Gasteiger partial charge is 0.409 e. The van der Waals surface area contributed by atoms with E-state index in [2.05, 4.69) is 19.2 Å². The summed E-state index contributed by atoms with van der Waals surface area (Å²) < 4.78 is 5.01. The Labute approximate surface area is 104 Å². The topological polar surface area (TPSA) is 41.6 Å². The molecule has 1 aliphatic heterocycles. The molecule has 0 bridgehead atoms. The molecule has 1 aliphatic carbocycles. The molecule has 0 spiro atoms. The highest BCUT2D eigenvalue weighted by molar-refractivity contribution is 5.67. The summed E-state index contributed by atoms with van der Waals surface area (Å²) in [5.41, 5.74) is 0.484. The Kier molecular flexibility index (Phi) is 3.61. The first-order valence-electron chi connectivity index (χ1n) is 6.70. The highest BCUT2D eigenvalue weighted by Crippen LogP contribution is 2.45. The van der Waals surface area contributed by atoms with Crippen LogP contribution in [0.2, 0.25) is 0 Å². The molecule has 4 heteroatoms. The van der Waals surface area contributed by atoms with Gasteiger partial charge in [0.1, 0.15) is 0 Å². The van der Waals surface area contributed by atoms with Crippen LogP contribution in [0.3, 0.4) is 0 Å². The fourth-order valence-electron chi connectivity index (χ4n) is 2.48. The van der Waals surface area contributed by atoms with Gasteiger partial charge in [0.15, 0.2) is 0 Å². The van der Waals surface area contributed by atoms with E-state index in [1.807, 2.05) is 11.8 Å². The second kappa shape index (κ2) is 4.84. The molecule has 1 amide bonds. The third-order valence-electron chi connectivity index (χ3n) is 3.97. The summed E-state index contributed by atoms with van der Waals surface area (Å²) in [4.78, 5) is 13.3. The van der Waals surface area contributed by atoms with Crippen LogP contribution in [0.1, 0.15) is 40.0 Å². The average molecular weight is 240 g/mol. The molecule has 0 aromatic carbocycles. The summed E-state index contributed by atoms with van der Waals surface area (Å²) in [6, 6.07) is 1.26. The van der Waals surface area contributed by atoms with Gasteiger partial charge in [0.25, 0.3) is 0 Å². The van der Waals surface area contributed by atoms with Crippen molar-refractivity contribution in [2.45, 2.75) is 52.1 Å². The maximum Gasteiger partial charge on any atom is 0.409 e. The predicted octanol–water partition coefficient (Wildman–Crippen LogP) is 2.00. The molecule has 2 fully saturated rings. The number of ether oxygens (including phenoxy) is 1. The molecule has 1 atom stereocenters. The number of amides is 1. The van der Waals surface area contributed by atoms with E-state index in [0.29, 0.717) is 24.1 Å². The Morgan fingerprint density at radius 1 is 1.41 bits per heavy atom. The van der Waals surface area contributed by atoms with E-state index in [-0.39, 0.29) is 6.09 Å². The van der Waals surface area contributed by atoms with E-state index in [1.165, 1.54) is 6.42 Å². The van der Waals surface area contributed by atoms with Gasteiger partial charge in [-0.05, 0) is 31.6 Å². The zero-order valence-corrected chi connectivity index (χ0v) is 11.2. The van der Waals surface area contributed by atoms with Crippen molar-refractivity contribution in [2.24, 2.45) is 5.41 Å². The molecule has 1 saturated carbocycles. The standard InChI is InChI=1S/C13H24N2O2/c1-4-17-12(16)15-7-5-10(6-8-15)14-11-9-13(11,2)3/h10-11,14H,4-9H2,1-3H3. The van der Waals surface area contributed by atoms with Gasteiger partial charge in [0, 0.05) is 25.2 Å². The van der Waals surface area contributed by atoms with E-state index in [4.69, 9.17) is 4.74 Å². The third-order valence-corrected chi connectivity index (χ3v) is 3.97. The maximum absolute atomic E-state index is 11.5. The minimum atomic E-state index is -0.155. The molecule has 98 valence electrons. The Hall–Kier alpha value is -0.770. The molecule has 0 aromatic heterocycles. The SMILES string of the molecule is CCOC(=O)N1CCC(NC2CC2(C)C)CC1. The number of piperidine rings is 1. The van der Waals surface area contributed by atoms with Crippen LogP contribution in [0.4, 0.5) is 4.79 Å². The van der Waals surface area contributed by atoms with Crippen molar-refractivity contribution in [2.75, 3.05) is 19.7 Å². The number of likely N-dealkylation sites (tertiary alicyclic amines) is 1. The lowest BCUT2D eigenvalue weighted by Crippen LogP contribution is -2.46. The lowest BCUT2D eigenvalue weighted by atomic mass is 10.0. The van der Waals surface area contributed by atoms with Crippen molar-refractivity contribution in [1.29, 1.82) is 0 Å². The van der Waals surface area contributed by atoms with Gasteiger partial charge in [-0.2, -0.15) is 0 Å². The van der Waals surface area contributed by atoms with Crippen LogP contribution in [0.15, 0.2) is 0 Å². The van der Waals surface area contributed by atoms with Crippen molar-refractivity contribution in [1.82, 2.24) is 10.2 Å². The van der Waals surface area contributed by atoms with Gasteiger partial charge < -0.3 is 15.0 Å². The van der Waals surface area contributed by atoms with Crippen LogP contribution >= 0.6 is 0 Å². The third kappa shape index (κ3) is 3.12. The molecule has 0 radical (unpaired) electrons. The summed E-state index contributed by atoms with van der Waals surface area (Å²) in [6.07, 6.45) is 3.22. The zero-order chi connectivity index (χ0) is 12.5. The minimum Gasteiger partial charge on any atom is -0.450 e. The number of nitrogens with one attached hydrogen (secondary N) is 1. The van der Waals surface area contributed by atoms with Gasteiger partial charge in [0.05, 0.1) is 6.61 Å². The largest absolute Gasteiger partial charge is 0.450 e. The molecule has 4 nitrogen and oxygen atoms in total. The number of carbonyl (C=O) groups excluding carboxylic acids is 1. The molecule has 17 heavy (non-hydrogen) atoms. The summed E-state index contributed by atoms with van der Waals surface area (Å²) in [5.74, 6) is 0. The van der Waals surface area contributed by atoms with Crippen LogP contribution in [0, 0.1) is 5.41 Å². The second-order valence-corrected chi connectivity index (χ2v) is 5.87. The van der Waals surface area contributed by atoms with E-state index >= 15 is 0 Å². The first kappa shape index (κ1) is 12.7. The van der Waals surface area contributed by atoms with E-state index in [1.54, 1.807) is 0 Å². The van der Waals surface area contributed by atoms with Gasteiger partial charge in [-0.3, -0.25) is 0 Å². The first-order chi connectivity index (χ1) is 8.03. The molecule has 2 aliphatic rings. The lowest BCUT2D eigenvalue weighted by molar-refractivity contribution is 0.0947. The Morgan fingerprint density at radius 2 is 2.00 bits per heavy atom. The quantitative estimate of drug-likeness (QED) is 0.820. The molecule has 2 rings (SSSR count). The van der Waals surface area contributed by atoms with Crippen molar-refractivity contribution >= 4 is 6.09 Å². The molecule has 0 aromatic rings.